The summed E-state index contributed by atoms with van der Waals surface area (Å²) in [7, 11) is 0. The minimum absolute atomic E-state index is 0.0504. The number of fused-ring (bicyclic) bond motifs is 5. The van der Waals surface area contributed by atoms with E-state index >= 15 is 4.39 Å². The number of hydrogen-bond donors (Lipinski definition) is 2. The van der Waals surface area contributed by atoms with Crippen LogP contribution in [0, 0.1) is 28.6 Å². The molecule has 0 aliphatic heterocycles. The average molecular weight is 378 g/mol. The van der Waals surface area contributed by atoms with Gasteiger partial charge in [0.1, 0.15) is 24.2 Å². The lowest BCUT2D eigenvalue weighted by Crippen LogP contribution is -2.62. The van der Waals surface area contributed by atoms with Crippen molar-refractivity contribution in [2.45, 2.75) is 64.1 Å². The Labute approximate surface area is 158 Å². The van der Waals surface area contributed by atoms with E-state index in [1.807, 2.05) is 6.92 Å². The summed E-state index contributed by atoms with van der Waals surface area (Å²) in [5, 5.41) is 20.4. The summed E-state index contributed by atoms with van der Waals surface area (Å²) >= 11 is 0. The highest BCUT2D eigenvalue weighted by Gasteiger charge is 2.69. The van der Waals surface area contributed by atoms with Crippen molar-refractivity contribution >= 4 is 17.3 Å². The van der Waals surface area contributed by atoms with Crippen LogP contribution >= 0.6 is 0 Å². The molecule has 0 radical (unpaired) electrons. The Kier molecular flexibility index (Phi) is 4.07. The first-order valence-electron chi connectivity index (χ1n) is 9.87. The summed E-state index contributed by atoms with van der Waals surface area (Å²) in [5.74, 6) is -1.59. The van der Waals surface area contributed by atoms with Crippen molar-refractivity contribution in [3.8, 4) is 0 Å². The van der Waals surface area contributed by atoms with Crippen molar-refractivity contribution in [1.29, 1.82) is 0 Å². The van der Waals surface area contributed by atoms with Crippen molar-refractivity contribution in [3.63, 3.8) is 0 Å². The maximum Gasteiger partial charge on any atom is 0.190 e. The molecule has 7 atom stereocenters. The van der Waals surface area contributed by atoms with E-state index in [9.17, 15) is 24.6 Å². The van der Waals surface area contributed by atoms with Crippen LogP contribution in [0.15, 0.2) is 11.6 Å². The van der Waals surface area contributed by atoms with E-state index < -0.39 is 35.0 Å². The summed E-state index contributed by atoms with van der Waals surface area (Å²) in [6, 6.07) is 0. The summed E-state index contributed by atoms with van der Waals surface area (Å²) in [6.07, 6.45) is 1.84. The van der Waals surface area contributed by atoms with Crippen LogP contribution in [-0.2, 0) is 14.4 Å². The molecule has 4 rings (SSSR count). The minimum Gasteiger partial charge on any atom is -0.388 e. The van der Waals surface area contributed by atoms with Crippen LogP contribution in [0.5, 0.6) is 0 Å². The second kappa shape index (κ2) is 5.80. The van der Waals surface area contributed by atoms with Gasteiger partial charge in [-0.15, -0.1) is 0 Å². The number of alkyl halides is 1. The number of hydrogen-bond acceptors (Lipinski definition) is 5. The molecule has 0 saturated heterocycles. The molecular weight excluding hydrogens is 351 g/mol. The van der Waals surface area contributed by atoms with Crippen LogP contribution in [0.1, 0.15) is 52.4 Å². The summed E-state index contributed by atoms with van der Waals surface area (Å²) < 4.78 is 15.1. The third kappa shape index (κ3) is 2.26. The molecule has 2 N–H and O–H groups in total. The van der Waals surface area contributed by atoms with Crippen LogP contribution in [0.3, 0.4) is 0 Å². The molecular formula is C21H27FO5. The Hall–Kier alpha value is -1.40. The quantitative estimate of drug-likeness (QED) is 0.766. The maximum atomic E-state index is 15.1. The van der Waals surface area contributed by atoms with Gasteiger partial charge in [-0.25, -0.2) is 4.39 Å². The van der Waals surface area contributed by atoms with E-state index in [1.54, 1.807) is 6.92 Å². The molecule has 0 amide bonds. The van der Waals surface area contributed by atoms with Gasteiger partial charge in [-0.05, 0) is 49.2 Å². The first-order valence-corrected chi connectivity index (χ1v) is 9.87. The Morgan fingerprint density at radius 2 is 2.00 bits per heavy atom. The van der Waals surface area contributed by atoms with Gasteiger partial charge < -0.3 is 10.2 Å². The molecule has 27 heavy (non-hydrogen) atoms. The maximum absolute atomic E-state index is 15.1. The highest BCUT2D eigenvalue weighted by atomic mass is 19.1. The zero-order valence-corrected chi connectivity index (χ0v) is 15.8. The van der Waals surface area contributed by atoms with Crippen LogP contribution in [0.4, 0.5) is 4.39 Å². The second-order valence-corrected chi connectivity index (χ2v) is 9.48. The van der Waals surface area contributed by atoms with Gasteiger partial charge in [0, 0.05) is 29.6 Å². The number of Topliss-reactive ketones (excluding diaryl/α,β-unsaturated/α-hetero) is 2. The van der Waals surface area contributed by atoms with E-state index in [4.69, 9.17) is 0 Å². The molecule has 0 aromatic carbocycles. The van der Waals surface area contributed by atoms with Gasteiger partial charge in [-0.1, -0.05) is 13.8 Å². The van der Waals surface area contributed by atoms with Crippen LogP contribution < -0.4 is 0 Å². The van der Waals surface area contributed by atoms with Crippen LogP contribution in [0.2, 0.25) is 0 Å². The number of aliphatic hydroxyl groups is 2. The lowest BCUT2D eigenvalue weighted by molar-refractivity contribution is -0.171. The number of halogens is 1. The first kappa shape index (κ1) is 18.9. The summed E-state index contributed by atoms with van der Waals surface area (Å²) in [5.41, 5.74) is -2.93. The molecule has 3 saturated carbocycles. The molecule has 0 unspecified atom stereocenters. The highest BCUT2D eigenvalue weighted by molar-refractivity contribution is 5.94. The predicted molar refractivity (Wildman–Crippen MR) is 94.4 cm³/mol. The number of aliphatic hydroxyl groups excluding tert-OH is 1. The van der Waals surface area contributed by atoms with E-state index in [1.165, 1.54) is 6.08 Å². The fraction of sp³-hybridized carbons (Fsp3) is 0.762. The monoisotopic (exact) mass is 378 g/mol. The van der Waals surface area contributed by atoms with Crippen LogP contribution in [0.25, 0.3) is 0 Å². The van der Waals surface area contributed by atoms with Crippen molar-refractivity contribution < 1.29 is 29.0 Å². The smallest absolute Gasteiger partial charge is 0.190 e. The molecule has 0 aromatic rings. The van der Waals surface area contributed by atoms with E-state index in [-0.39, 0.29) is 48.6 Å². The molecule has 148 valence electrons. The predicted octanol–water partition coefficient (Wildman–Crippen LogP) is 1.94. The topological polar surface area (TPSA) is 91.7 Å². The van der Waals surface area contributed by atoms with Gasteiger partial charge in [0.15, 0.2) is 11.6 Å². The van der Waals surface area contributed by atoms with Gasteiger partial charge in [0.2, 0.25) is 0 Å². The molecule has 4 aliphatic carbocycles. The lowest BCUT2D eigenvalue weighted by atomic mass is 9.45. The van der Waals surface area contributed by atoms with Gasteiger partial charge in [0.05, 0.1) is 0 Å². The van der Waals surface area contributed by atoms with E-state index in [0.717, 1.165) is 0 Å². The highest BCUT2D eigenvalue weighted by Crippen LogP contribution is 2.66. The zero-order chi connectivity index (χ0) is 19.8. The first-order chi connectivity index (χ1) is 12.6. The Balaban J connectivity index is 1.78. The Morgan fingerprint density at radius 3 is 2.67 bits per heavy atom. The third-order valence-corrected chi connectivity index (χ3v) is 8.39. The van der Waals surface area contributed by atoms with Crippen LogP contribution in [-0.4, -0.2) is 45.9 Å². The van der Waals surface area contributed by atoms with Gasteiger partial charge in [0.25, 0.3) is 0 Å². The summed E-state index contributed by atoms with van der Waals surface area (Å²) in [6.45, 7) is 2.88. The molecule has 6 heteroatoms. The van der Waals surface area contributed by atoms with Gasteiger partial charge >= 0.3 is 0 Å². The molecule has 5 nitrogen and oxygen atoms in total. The second-order valence-electron chi connectivity index (χ2n) is 9.48. The van der Waals surface area contributed by atoms with Crippen molar-refractivity contribution in [1.82, 2.24) is 0 Å². The van der Waals surface area contributed by atoms with Crippen molar-refractivity contribution in [2.24, 2.45) is 28.6 Å². The number of allylic oxidation sites excluding steroid dienone is 1. The number of rotatable bonds is 2. The summed E-state index contributed by atoms with van der Waals surface area (Å²) in [4.78, 5) is 37.5. The van der Waals surface area contributed by atoms with Gasteiger partial charge in [-0.2, -0.15) is 0 Å². The third-order valence-electron chi connectivity index (χ3n) is 8.39. The van der Waals surface area contributed by atoms with Crippen molar-refractivity contribution in [2.75, 3.05) is 6.61 Å². The molecule has 3 fully saturated rings. The standard InChI is InChI=1S/C21H27FO5/c1-19-5-3-11(24)7-14(19)15(22)8-12-13-4-6-21(27,17(26)10-23)20(13,2)9-16(25)18(12)19/h7,12-13,15,18,23,27H,3-6,8-10H2,1-2H3/t12-,13-,15-,18+,19-,20-,21-/m0/s1. The Bertz CT molecular complexity index is 760. The zero-order valence-electron chi connectivity index (χ0n) is 15.8. The average Bonchev–Trinajstić information content (AvgIpc) is 2.87. The molecule has 0 heterocycles. The number of ketones is 3. The van der Waals surface area contributed by atoms with E-state index in [2.05, 4.69) is 0 Å². The fourth-order valence-corrected chi connectivity index (χ4v) is 6.99. The minimum atomic E-state index is -1.74. The SMILES string of the molecule is C[C@]12CCC(=O)C=C1[C@@H](F)C[C@@H]1[C@@H]2C(=O)C[C@@]2(C)[C@H]1CC[C@]2(O)C(=O)CO. The molecule has 0 bridgehead atoms. The van der Waals surface area contributed by atoms with Crippen molar-refractivity contribution in [3.05, 3.63) is 11.6 Å². The molecule has 4 aliphatic rings. The van der Waals surface area contributed by atoms with Gasteiger partial charge in [-0.3, -0.25) is 14.4 Å². The molecule has 0 aromatic heterocycles. The molecule has 0 spiro atoms. The number of carbonyl (C=O) groups excluding carboxylic acids is 3. The Morgan fingerprint density at radius 1 is 1.30 bits per heavy atom. The normalized spacial score (nSPS) is 49.1. The lowest BCUT2D eigenvalue weighted by Gasteiger charge is -2.58. The largest absolute Gasteiger partial charge is 0.388 e. The number of carbonyl (C=O) groups is 3. The van der Waals surface area contributed by atoms with E-state index in [0.29, 0.717) is 24.8 Å². The fourth-order valence-electron chi connectivity index (χ4n) is 6.99.